The number of hydrogen-bond donors (Lipinski definition) is 1. The van der Waals surface area contributed by atoms with Gasteiger partial charge in [0.05, 0.1) is 6.20 Å². The average molecular weight is 214 g/mol. The number of anilines is 1. The van der Waals surface area contributed by atoms with Crippen molar-refractivity contribution >= 4 is 17.4 Å². The molecule has 1 atom stereocenters. The number of aromatic nitrogens is 2. The Balaban J connectivity index is 2.25. The van der Waals surface area contributed by atoms with Gasteiger partial charge in [-0.05, 0) is 38.3 Å². The third-order valence-electron chi connectivity index (χ3n) is 1.88. The van der Waals surface area contributed by atoms with Crippen LogP contribution in [0.25, 0.3) is 0 Å². The van der Waals surface area contributed by atoms with E-state index < -0.39 is 0 Å². The second-order valence-electron chi connectivity index (χ2n) is 3.47. The lowest BCUT2D eigenvalue weighted by atomic mass is 10.2. The lowest BCUT2D eigenvalue weighted by Crippen LogP contribution is -2.06. The molecule has 0 aliphatic carbocycles. The van der Waals surface area contributed by atoms with Crippen LogP contribution < -0.4 is 5.32 Å². The van der Waals surface area contributed by atoms with Crippen molar-refractivity contribution in [1.29, 1.82) is 0 Å². The standard InChI is InChI=1S/C10H16ClN3/c1-8-6-10(14-13-7-8)12-5-3-4-9(2)11/h6-7,9H,3-5H2,1-2H3,(H,12,14). The van der Waals surface area contributed by atoms with Crippen LogP contribution in [-0.4, -0.2) is 22.1 Å². The fourth-order valence-corrected chi connectivity index (χ4v) is 1.30. The summed E-state index contributed by atoms with van der Waals surface area (Å²) in [6.07, 6.45) is 3.82. The maximum atomic E-state index is 5.83. The number of aryl methyl sites for hydroxylation is 1. The van der Waals surface area contributed by atoms with Crippen LogP contribution in [0.1, 0.15) is 25.3 Å². The molecule has 0 radical (unpaired) electrons. The molecule has 0 fully saturated rings. The van der Waals surface area contributed by atoms with E-state index in [1.807, 2.05) is 19.9 Å². The molecule has 14 heavy (non-hydrogen) atoms. The largest absolute Gasteiger partial charge is 0.369 e. The lowest BCUT2D eigenvalue weighted by Gasteiger charge is -2.05. The predicted octanol–water partition coefficient (Wildman–Crippen LogP) is 2.60. The van der Waals surface area contributed by atoms with E-state index in [-0.39, 0.29) is 5.38 Å². The molecular weight excluding hydrogens is 198 g/mol. The van der Waals surface area contributed by atoms with Crippen molar-refractivity contribution < 1.29 is 0 Å². The van der Waals surface area contributed by atoms with Gasteiger partial charge in [0.15, 0.2) is 0 Å². The van der Waals surface area contributed by atoms with Crippen LogP contribution in [0.2, 0.25) is 0 Å². The van der Waals surface area contributed by atoms with Crippen LogP contribution in [-0.2, 0) is 0 Å². The molecule has 1 aromatic rings. The summed E-state index contributed by atoms with van der Waals surface area (Å²) in [4.78, 5) is 0. The Hall–Kier alpha value is -0.830. The number of hydrogen-bond acceptors (Lipinski definition) is 3. The van der Waals surface area contributed by atoms with Crippen molar-refractivity contribution in [3.05, 3.63) is 17.8 Å². The summed E-state index contributed by atoms with van der Waals surface area (Å²) in [7, 11) is 0. The van der Waals surface area contributed by atoms with Gasteiger partial charge in [0, 0.05) is 11.9 Å². The summed E-state index contributed by atoms with van der Waals surface area (Å²) in [5.74, 6) is 0.840. The van der Waals surface area contributed by atoms with Gasteiger partial charge in [-0.1, -0.05) is 0 Å². The van der Waals surface area contributed by atoms with Crippen LogP contribution in [0.5, 0.6) is 0 Å². The summed E-state index contributed by atoms with van der Waals surface area (Å²) in [5, 5.41) is 11.3. The highest BCUT2D eigenvalue weighted by Gasteiger charge is 1.97. The number of rotatable bonds is 5. The van der Waals surface area contributed by atoms with E-state index in [0.29, 0.717) is 0 Å². The van der Waals surface area contributed by atoms with Crippen molar-refractivity contribution in [2.45, 2.75) is 32.1 Å². The van der Waals surface area contributed by atoms with Crippen molar-refractivity contribution in [2.75, 3.05) is 11.9 Å². The molecule has 0 saturated heterocycles. The highest BCUT2D eigenvalue weighted by atomic mass is 35.5. The van der Waals surface area contributed by atoms with Gasteiger partial charge in [-0.15, -0.1) is 16.7 Å². The Morgan fingerprint density at radius 2 is 2.36 bits per heavy atom. The number of nitrogens with one attached hydrogen (secondary N) is 1. The second-order valence-corrected chi connectivity index (χ2v) is 4.21. The monoisotopic (exact) mass is 213 g/mol. The maximum absolute atomic E-state index is 5.83. The molecular formula is C10H16ClN3. The summed E-state index contributed by atoms with van der Waals surface area (Å²) >= 11 is 5.83. The quantitative estimate of drug-likeness (QED) is 0.604. The van der Waals surface area contributed by atoms with Crippen LogP contribution in [0.3, 0.4) is 0 Å². The molecule has 0 aliphatic heterocycles. The van der Waals surface area contributed by atoms with E-state index >= 15 is 0 Å². The normalized spacial score (nSPS) is 12.5. The zero-order valence-corrected chi connectivity index (χ0v) is 9.38. The van der Waals surface area contributed by atoms with Crippen molar-refractivity contribution in [3.63, 3.8) is 0 Å². The van der Waals surface area contributed by atoms with E-state index in [1.165, 1.54) is 0 Å². The molecule has 1 aromatic heterocycles. The van der Waals surface area contributed by atoms with Gasteiger partial charge in [0.1, 0.15) is 5.82 Å². The van der Waals surface area contributed by atoms with Crippen molar-refractivity contribution in [1.82, 2.24) is 10.2 Å². The Labute approximate surface area is 89.9 Å². The summed E-state index contributed by atoms with van der Waals surface area (Å²) in [5.41, 5.74) is 1.12. The SMILES string of the molecule is Cc1cnnc(NCCCC(C)Cl)c1. The van der Waals surface area contributed by atoms with Crippen LogP contribution in [0, 0.1) is 6.92 Å². The molecule has 0 aliphatic rings. The Morgan fingerprint density at radius 1 is 1.57 bits per heavy atom. The first kappa shape index (κ1) is 11.2. The van der Waals surface area contributed by atoms with E-state index in [4.69, 9.17) is 11.6 Å². The summed E-state index contributed by atoms with van der Waals surface area (Å²) in [6, 6.07) is 1.98. The lowest BCUT2D eigenvalue weighted by molar-refractivity contribution is 0.747. The first-order valence-corrected chi connectivity index (χ1v) is 5.29. The fourth-order valence-electron chi connectivity index (χ4n) is 1.15. The molecule has 78 valence electrons. The molecule has 0 aromatic carbocycles. The third kappa shape index (κ3) is 4.42. The van der Waals surface area contributed by atoms with E-state index in [1.54, 1.807) is 6.20 Å². The summed E-state index contributed by atoms with van der Waals surface area (Å²) < 4.78 is 0. The molecule has 1 unspecified atom stereocenters. The first-order chi connectivity index (χ1) is 6.68. The fraction of sp³-hybridized carbons (Fsp3) is 0.600. The number of nitrogens with zero attached hydrogens (tertiary/aromatic N) is 2. The Kier molecular flexibility index (Phi) is 4.66. The predicted molar refractivity (Wildman–Crippen MR) is 59.8 cm³/mol. The highest BCUT2D eigenvalue weighted by Crippen LogP contribution is 2.06. The molecule has 0 spiro atoms. The molecule has 1 heterocycles. The van der Waals surface area contributed by atoms with Gasteiger partial charge in [0.2, 0.25) is 0 Å². The van der Waals surface area contributed by atoms with Crippen molar-refractivity contribution in [2.24, 2.45) is 0 Å². The van der Waals surface area contributed by atoms with Crippen LogP contribution >= 0.6 is 11.6 Å². The minimum atomic E-state index is 0.250. The van der Waals surface area contributed by atoms with Gasteiger partial charge in [-0.2, -0.15) is 5.10 Å². The molecule has 1 rings (SSSR count). The molecule has 0 saturated carbocycles. The van der Waals surface area contributed by atoms with E-state index in [2.05, 4.69) is 15.5 Å². The molecule has 4 heteroatoms. The van der Waals surface area contributed by atoms with Gasteiger partial charge in [-0.3, -0.25) is 0 Å². The minimum Gasteiger partial charge on any atom is -0.369 e. The number of alkyl halides is 1. The van der Waals surface area contributed by atoms with E-state index in [0.717, 1.165) is 30.8 Å². The van der Waals surface area contributed by atoms with Crippen molar-refractivity contribution in [3.8, 4) is 0 Å². The van der Waals surface area contributed by atoms with Gasteiger partial charge in [-0.25, -0.2) is 0 Å². The third-order valence-corrected chi connectivity index (χ3v) is 2.09. The molecule has 0 amide bonds. The molecule has 0 bridgehead atoms. The highest BCUT2D eigenvalue weighted by molar-refractivity contribution is 6.20. The zero-order valence-electron chi connectivity index (χ0n) is 8.63. The minimum absolute atomic E-state index is 0.250. The average Bonchev–Trinajstić information content (AvgIpc) is 2.12. The molecule has 3 nitrogen and oxygen atoms in total. The first-order valence-electron chi connectivity index (χ1n) is 4.86. The molecule has 1 N–H and O–H groups in total. The van der Waals surface area contributed by atoms with Crippen LogP contribution in [0.4, 0.5) is 5.82 Å². The Bertz CT molecular complexity index is 276. The second kappa shape index (κ2) is 5.81. The smallest absolute Gasteiger partial charge is 0.148 e. The van der Waals surface area contributed by atoms with Crippen LogP contribution in [0.15, 0.2) is 12.3 Å². The number of halogens is 1. The zero-order chi connectivity index (χ0) is 10.4. The Morgan fingerprint density at radius 3 is 3.00 bits per heavy atom. The van der Waals surface area contributed by atoms with Gasteiger partial charge >= 0.3 is 0 Å². The topological polar surface area (TPSA) is 37.8 Å². The maximum Gasteiger partial charge on any atom is 0.148 e. The van der Waals surface area contributed by atoms with Gasteiger partial charge in [0.25, 0.3) is 0 Å². The summed E-state index contributed by atoms with van der Waals surface area (Å²) in [6.45, 7) is 4.91. The van der Waals surface area contributed by atoms with Gasteiger partial charge < -0.3 is 5.32 Å². The van der Waals surface area contributed by atoms with E-state index in [9.17, 15) is 0 Å².